The van der Waals surface area contributed by atoms with Crippen LogP contribution in [0.15, 0.2) is 54.9 Å². The summed E-state index contributed by atoms with van der Waals surface area (Å²) in [5.74, 6) is 2.29. The molecule has 5 nitrogen and oxygen atoms in total. The van der Waals surface area contributed by atoms with Crippen LogP contribution in [0.2, 0.25) is 0 Å². The van der Waals surface area contributed by atoms with Gasteiger partial charge in [0.15, 0.2) is 0 Å². The number of imidazole rings is 1. The van der Waals surface area contributed by atoms with E-state index < -0.39 is 0 Å². The highest BCUT2D eigenvalue weighted by atomic mass is 16.2. The van der Waals surface area contributed by atoms with E-state index in [9.17, 15) is 4.79 Å². The molecule has 0 bridgehead atoms. The van der Waals surface area contributed by atoms with Crippen molar-refractivity contribution in [1.82, 2.24) is 14.5 Å². The molecule has 144 valence electrons. The largest absolute Gasteiger partial charge is 0.334 e. The van der Waals surface area contributed by atoms with Crippen molar-refractivity contribution in [3.63, 3.8) is 0 Å². The molecule has 1 aliphatic carbocycles. The van der Waals surface area contributed by atoms with Gasteiger partial charge in [-0.1, -0.05) is 36.4 Å². The third-order valence-electron chi connectivity index (χ3n) is 6.00. The first kappa shape index (κ1) is 17.3. The van der Waals surface area contributed by atoms with Crippen LogP contribution in [-0.2, 0) is 6.54 Å². The number of urea groups is 1. The maximum absolute atomic E-state index is 13.0. The molecule has 2 amide bonds. The van der Waals surface area contributed by atoms with Gasteiger partial charge >= 0.3 is 6.03 Å². The molecule has 2 fully saturated rings. The van der Waals surface area contributed by atoms with Gasteiger partial charge in [-0.2, -0.15) is 0 Å². The number of fused-ring (bicyclic) bond motifs is 1. The van der Waals surface area contributed by atoms with Crippen molar-refractivity contribution in [3.05, 3.63) is 60.7 Å². The van der Waals surface area contributed by atoms with Gasteiger partial charge in [-0.3, -0.25) is 0 Å². The molecular formula is C23H26N4O. The molecule has 0 spiro atoms. The highest BCUT2D eigenvalue weighted by Gasteiger charge is 2.29. The van der Waals surface area contributed by atoms with Crippen molar-refractivity contribution in [1.29, 1.82) is 0 Å². The fraction of sp³-hybridized carbons (Fsp3) is 0.391. The van der Waals surface area contributed by atoms with Gasteiger partial charge in [0.2, 0.25) is 0 Å². The van der Waals surface area contributed by atoms with E-state index in [0.717, 1.165) is 60.7 Å². The van der Waals surface area contributed by atoms with Crippen LogP contribution in [0.1, 0.15) is 37.4 Å². The predicted octanol–water partition coefficient (Wildman–Crippen LogP) is 4.86. The van der Waals surface area contributed by atoms with Crippen molar-refractivity contribution >= 4 is 22.5 Å². The van der Waals surface area contributed by atoms with Crippen LogP contribution in [0.3, 0.4) is 0 Å². The maximum Gasteiger partial charge on any atom is 0.321 e. The van der Waals surface area contributed by atoms with E-state index in [0.29, 0.717) is 5.92 Å². The molecule has 2 aliphatic rings. The molecule has 5 rings (SSSR count). The van der Waals surface area contributed by atoms with Crippen LogP contribution in [0.4, 0.5) is 10.5 Å². The molecule has 0 radical (unpaired) electrons. The number of aromatic nitrogens is 2. The topological polar surface area (TPSA) is 50.2 Å². The van der Waals surface area contributed by atoms with E-state index in [-0.39, 0.29) is 6.03 Å². The number of hydrogen-bond acceptors (Lipinski definition) is 2. The lowest BCUT2D eigenvalue weighted by atomic mass is 9.97. The fourth-order valence-electron chi connectivity index (χ4n) is 4.31. The molecule has 28 heavy (non-hydrogen) atoms. The first-order valence-corrected chi connectivity index (χ1v) is 10.3. The Labute approximate surface area is 165 Å². The van der Waals surface area contributed by atoms with Gasteiger partial charge < -0.3 is 14.8 Å². The fourth-order valence-corrected chi connectivity index (χ4v) is 4.31. The van der Waals surface area contributed by atoms with Crippen molar-refractivity contribution in [3.8, 4) is 0 Å². The normalized spacial score (nSPS) is 19.7. The summed E-state index contributed by atoms with van der Waals surface area (Å²) in [7, 11) is 0. The molecule has 1 unspecified atom stereocenters. The van der Waals surface area contributed by atoms with Gasteiger partial charge in [0.25, 0.3) is 0 Å². The zero-order valence-corrected chi connectivity index (χ0v) is 16.1. The zero-order valence-electron chi connectivity index (χ0n) is 16.1. The highest BCUT2D eigenvalue weighted by molar-refractivity contribution is 6.01. The SMILES string of the molecule is O=C(Nc1cccc2ccccc12)N1CCCC(c2nccn2CC2CC2)C1. The number of nitrogens with zero attached hydrogens (tertiary/aromatic N) is 3. The minimum Gasteiger partial charge on any atom is -0.334 e. The average Bonchev–Trinajstić information content (AvgIpc) is 3.43. The van der Waals surface area contributed by atoms with Crippen LogP contribution in [0, 0.1) is 5.92 Å². The number of likely N-dealkylation sites (tertiary alicyclic amines) is 1. The minimum absolute atomic E-state index is 0.0126. The third-order valence-corrected chi connectivity index (χ3v) is 6.00. The number of rotatable bonds is 4. The number of benzene rings is 2. The minimum atomic E-state index is -0.0126. The van der Waals surface area contributed by atoms with Crippen molar-refractivity contribution in [2.75, 3.05) is 18.4 Å². The van der Waals surface area contributed by atoms with Crippen LogP contribution in [0.5, 0.6) is 0 Å². The Balaban J connectivity index is 1.31. The summed E-state index contributed by atoms with van der Waals surface area (Å²) in [6.07, 6.45) is 8.79. The molecular weight excluding hydrogens is 348 g/mol. The molecule has 1 saturated heterocycles. The summed E-state index contributed by atoms with van der Waals surface area (Å²) in [6.45, 7) is 2.61. The molecule has 1 N–H and O–H groups in total. The molecule has 5 heteroatoms. The Morgan fingerprint density at radius 1 is 1.11 bits per heavy atom. The Morgan fingerprint density at radius 2 is 1.96 bits per heavy atom. The molecule has 2 heterocycles. The number of anilines is 1. The Morgan fingerprint density at radius 3 is 2.86 bits per heavy atom. The summed E-state index contributed by atoms with van der Waals surface area (Å²) in [4.78, 5) is 19.6. The Kier molecular flexibility index (Phi) is 4.51. The van der Waals surface area contributed by atoms with E-state index in [1.165, 1.54) is 12.8 Å². The van der Waals surface area contributed by atoms with Crippen LogP contribution < -0.4 is 5.32 Å². The second kappa shape index (κ2) is 7.30. The summed E-state index contributed by atoms with van der Waals surface area (Å²) in [6, 6.07) is 14.2. The number of hydrogen-bond donors (Lipinski definition) is 1. The Hall–Kier alpha value is -2.82. The monoisotopic (exact) mass is 374 g/mol. The predicted molar refractivity (Wildman–Crippen MR) is 111 cm³/mol. The van der Waals surface area contributed by atoms with Gasteiger partial charge in [-0.15, -0.1) is 0 Å². The number of carbonyl (C=O) groups is 1. The molecule has 3 aromatic rings. The standard InChI is InChI=1S/C23H26N4O/c28-23(25-21-9-3-6-18-5-1-2-8-20(18)21)27-13-4-7-19(16-27)22-24-12-14-26(22)15-17-10-11-17/h1-3,5-6,8-9,12,14,17,19H,4,7,10-11,13,15-16H2,(H,25,28). The average molecular weight is 374 g/mol. The number of nitrogens with one attached hydrogen (secondary N) is 1. The third kappa shape index (κ3) is 3.49. The Bertz CT molecular complexity index is 986. The van der Waals surface area contributed by atoms with E-state index in [1.54, 1.807) is 0 Å². The van der Waals surface area contributed by atoms with E-state index in [4.69, 9.17) is 0 Å². The molecule has 2 aromatic carbocycles. The van der Waals surface area contributed by atoms with Crippen LogP contribution >= 0.6 is 0 Å². The van der Waals surface area contributed by atoms with Crippen molar-refractivity contribution < 1.29 is 4.79 Å². The van der Waals surface area contributed by atoms with Gasteiger partial charge in [0.05, 0.1) is 5.69 Å². The molecule has 1 saturated carbocycles. The lowest BCUT2D eigenvalue weighted by molar-refractivity contribution is 0.190. The number of amides is 2. The van der Waals surface area contributed by atoms with Crippen LogP contribution in [0.25, 0.3) is 10.8 Å². The second-order valence-corrected chi connectivity index (χ2v) is 8.12. The van der Waals surface area contributed by atoms with Gasteiger partial charge in [0, 0.05) is 43.3 Å². The van der Waals surface area contributed by atoms with Crippen LogP contribution in [-0.4, -0.2) is 33.6 Å². The van der Waals surface area contributed by atoms with E-state index in [2.05, 4.69) is 39.3 Å². The summed E-state index contributed by atoms with van der Waals surface area (Å²) >= 11 is 0. The number of carbonyl (C=O) groups excluding carboxylic acids is 1. The molecule has 1 aromatic heterocycles. The lowest BCUT2D eigenvalue weighted by Crippen LogP contribution is -2.42. The second-order valence-electron chi connectivity index (χ2n) is 8.12. The maximum atomic E-state index is 13.0. The first-order valence-electron chi connectivity index (χ1n) is 10.3. The summed E-state index contributed by atoms with van der Waals surface area (Å²) in [5.41, 5.74) is 0.875. The van der Waals surface area contributed by atoms with Gasteiger partial charge in [-0.05, 0) is 43.1 Å². The number of piperidine rings is 1. The summed E-state index contributed by atoms with van der Waals surface area (Å²) in [5, 5.41) is 5.35. The smallest absolute Gasteiger partial charge is 0.321 e. The van der Waals surface area contributed by atoms with Crippen molar-refractivity contribution in [2.45, 2.75) is 38.1 Å². The lowest BCUT2D eigenvalue weighted by Gasteiger charge is -2.32. The summed E-state index contributed by atoms with van der Waals surface area (Å²) < 4.78 is 2.31. The quantitative estimate of drug-likeness (QED) is 0.709. The van der Waals surface area contributed by atoms with Gasteiger partial charge in [-0.25, -0.2) is 9.78 Å². The van der Waals surface area contributed by atoms with Gasteiger partial charge in [0.1, 0.15) is 5.82 Å². The van der Waals surface area contributed by atoms with Crippen molar-refractivity contribution in [2.24, 2.45) is 5.92 Å². The zero-order chi connectivity index (χ0) is 18.9. The van der Waals surface area contributed by atoms with E-state index in [1.807, 2.05) is 35.4 Å². The highest BCUT2D eigenvalue weighted by Crippen LogP contribution is 2.33. The van der Waals surface area contributed by atoms with E-state index >= 15 is 0 Å². The first-order chi connectivity index (χ1) is 13.8. The molecule has 1 atom stereocenters. The molecule has 1 aliphatic heterocycles.